The van der Waals surface area contributed by atoms with Crippen LogP contribution in [0.4, 0.5) is 0 Å². The van der Waals surface area contributed by atoms with Crippen molar-refractivity contribution in [1.29, 1.82) is 0 Å². The second kappa shape index (κ2) is 6.48. The van der Waals surface area contributed by atoms with E-state index in [-0.39, 0.29) is 12.1 Å². The predicted octanol–water partition coefficient (Wildman–Crippen LogP) is 2.93. The minimum Gasteiger partial charge on any atom is -0.475 e. The fraction of sp³-hybridized carbons (Fsp3) is 0.615. The van der Waals surface area contributed by atoms with E-state index in [1.165, 1.54) is 0 Å². The highest BCUT2D eigenvalue weighted by Gasteiger charge is 2.12. The van der Waals surface area contributed by atoms with Gasteiger partial charge in [0.15, 0.2) is 0 Å². The van der Waals surface area contributed by atoms with Gasteiger partial charge in [-0.1, -0.05) is 13.0 Å². The Balaban J connectivity index is 2.76. The average Bonchev–Trinajstić information content (AvgIpc) is 2.26. The van der Waals surface area contributed by atoms with Crippen LogP contribution < -0.4 is 10.1 Å². The maximum absolute atomic E-state index is 5.70. The van der Waals surface area contributed by atoms with Gasteiger partial charge < -0.3 is 10.1 Å². The molecule has 1 aromatic rings. The Bertz CT molecular complexity index is 313. The lowest BCUT2D eigenvalue weighted by molar-refractivity contribution is 0.228. The van der Waals surface area contributed by atoms with E-state index in [1.54, 1.807) is 6.20 Å². The van der Waals surface area contributed by atoms with E-state index < -0.39 is 0 Å². The lowest BCUT2D eigenvalue weighted by Gasteiger charge is -2.18. The van der Waals surface area contributed by atoms with Gasteiger partial charge in [0.05, 0.1) is 6.10 Å². The first-order valence-corrected chi connectivity index (χ1v) is 6.00. The first kappa shape index (κ1) is 13.0. The van der Waals surface area contributed by atoms with E-state index in [2.05, 4.69) is 30.2 Å². The number of pyridine rings is 1. The Labute approximate surface area is 98.2 Å². The Hall–Kier alpha value is -1.09. The number of aromatic nitrogens is 1. The molecule has 1 unspecified atom stereocenters. The maximum Gasteiger partial charge on any atom is 0.218 e. The summed E-state index contributed by atoms with van der Waals surface area (Å²) in [6.45, 7) is 9.34. The Morgan fingerprint density at radius 1 is 1.38 bits per heavy atom. The van der Waals surface area contributed by atoms with Gasteiger partial charge in [0.1, 0.15) is 0 Å². The zero-order chi connectivity index (χ0) is 12.0. The third-order valence-electron chi connectivity index (χ3n) is 2.31. The molecule has 1 aromatic heterocycles. The molecule has 0 amide bonds. The SMILES string of the molecule is CCCNC(C)c1cccnc1OC(C)C. The van der Waals surface area contributed by atoms with Crippen molar-refractivity contribution in [3.63, 3.8) is 0 Å². The fourth-order valence-corrected chi connectivity index (χ4v) is 1.53. The van der Waals surface area contributed by atoms with Crippen molar-refractivity contribution in [2.75, 3.05) is 6.54 Å². The zero-order valence-electron chi connectivity index (χ0n) is 10.7. The Morgan fingerprint density at radius 3 is 2.75 bits per heavy atom. The standard InChI is InChI=1S/C13H22N2O/c1-5-8-14-11(4)12-7-6-9-15-13(12)16-10(2)3/h6-7,9-11,14H,5,8H2,1-4H3. The molecule has 0 aliphatic carbocycles. The lowest BCUT2D eigenvalue weighted by Crippen LogP contribution is -2.21. The van der Waals surface area contributed by atoms with Gasteiger partial charge in [-0.25, -0.2) is 4.98 Å². The van der Waals surface area contributed by atoms with Crippen LogP contribution >= 0.6 is 0 Å². The van der Waals surface area contributed by atoms with Gasteiger partial charge in [-0.15, -0.1) is 0 Å². The van der Waals surface area contributed by atoms with E-state index in [4.69, 9.17) is 4.74 Å². The molecule has 0 fully saturated rings. The van der Waals surface area contributed by atoms with E-state index >= 15 is 0 Å². The van der Waals surface area contributed by atoms with Crippen LogP contribution in [0.25, 0.3) is 0 Å². The van der Waals surface area contributed by atoms with Gasteiger partial charge in [-0.05, 0) is 39.8 Å². The molecule has 1 heterocycles. The molecular weight excluding hydrogens is 200 g/mol. The summed E-state index contributed by atoms with van der Waals surface area (Å²) in [5, 5.41) is 3.44. The summed E-state index contributed by atoms with van der Waals surface area (Å²) in [5.74, 6) is 0.744. The van der Waals surface area contributed by atoms with Crippen molar-refractivity contribution in [2.45, 2.75) is 46.3 Å². The Kier molecular flexibility index (Phi) is 5.26. The number of nitrogens with one attached hydrogen (secondary N) is 1. The summed E-state index contributed by atoms with van der Waals surface area (Å²) in [5.41, 5.74) is 1.13. The van der Waals surface area contributed by atoms with Crippen LogP contribution in [0.15, 0.2) is 18.3 Å². The third kappa shape index (κ3) is 3.81. The molecule has 0 bridgehead atoms. The largest absolute Gasteiger partial charge is 0.475 e. The first-order chi connectivity index (χ1) is 7.65. The molecule has 1 N–H and O–H groups in total. The van der Waals surface area contributed by atoms with Gasteiger partial charge in [0.2, 0.25) is 5.88 Å². The highest BCUT2D eigenvalue weighted by atomic mass is 16.5. The van der Waals surface area contributed by atoms with Crippen LogP contribution in [-0.4, -0.2) is 17.6 Å². The van der Waals surface area contributed by atoms with Crippen LogP contribution in [0, 0.1) is 0 Å². The van der Waals surface area contributed by atoms with Crippen LogP contribution in [0.1, 0.15) is 45.7 Å². The lowest BCUT2D eigenvalue weighted by atomic mass is 10.1. The van der Waals surface area contributed by atoms with Crippen molar-refractivity contribution in [3.05, 3.63) is 23.9 Å². The molecule has 0 aromatic carbocycles. The van der Waals surface area contributed by atoms with E-state index in [9.17, 15) is 0 Å². The molecular formula is C13H22N2O. The van der Waals surface area contributed by atoms with Crippen LogP contribution in [-0.2, 0) is 0 Å². The molecule has 3 heteroatoms. The monoisotopic (exact) mass is 222 g/mol. The van der Waals surface area contributed by atoms with E-state index in [0.29, 0.717) is 0 Å². The number of hydrogen-bond donors (Lipinski definition) is 1. The van der Waals surface area contributed by atoms with Gasteiger partial charge in [-0.3, -0.25) is 0 Å². The number of ether oxygens (including phenoxy) is 1. The molecule has 0 spiro atoms. The van der Waals surface area contributed by atoms with Gasteiger partial charge in [0.25, 0.3) is 0 Å². The van der Waals surface area contributed by atoms with Crippen molar-refractivity contribution in [1.82, 2.24) is 10.3 Å². The van der Waals surface area contributed by atoms with Crippen molar-refractivity contribution < 1.29 is 4.74 Å². The zero-order valence-corrected chi connectivity index (χ0v) is 10.7. The minimum absolute atomic E-state index is 0.159. The van der Waals surface area contributed by atoms with E-state index in [0.717, 1.165) is 24.4 Å². The number of rotatable bonds is 6. The molecule has 16 heavy (non-hydrogen) atoms. The predicted molar refractivity (Wildman–Crippen MR) is 66.7 cm³/mol. The van der Waals surface area contributed by atoms with Gasteiger partial charge in [-0.2, -0.15) is 0 Å². The Morgan fingerprint density at radius 2 is 2.12 bits per heavy atom. The molecule has 0 aliphatic rings. The first-order valence-electron chi connectivity index (χ1n) is 6.00. The summed E-state index contributed by atoms with van der Waals surface area (Å²) < 4.78 is 5.70. The van der Waals surface area contributed by atoms with Crippen LogP contribution in [0.2, 0.25) is 0 Å². The molecule has 0 saturated heterocycles. The number of nitrogens with zero attached hydrogens (tertiary/aromatic N) is 1. The topological polar surface area (TPSA) is 34.2 Å². The van der Waals surface area contributed by atoms with Crippen molar-refractivity contribution in [3.8, 4) is 5.88 Å². The summed E-state index contributed by atoms with van der Waals surface area (Å²) in [6, 6.07) is 4.30. The van der Waals surface area contributed by atoms with Crippen molar-refractivity contribution >= 4 is 0 Å². The fourth-order valence-electron chi connectivity index (χ4n) is 1.53. The average molecular weight is 222 g/mol. The quantitative estimate of drug-likeness (QED) is 0.803. The summed E-state index contributed by atoms with van der Waals surface area (Å²) in [4.78, 5) is 4.29. The second-order valence-electron chi connectivity index (χ2n) is 4.24. The summed E-state index contributed by atoms with van der Waals surface area (Å²) >= 11 is 0. The molecule has 90 valence electrons. The molecule has 1 rings (SSSR count). The molecule has 1 atom stereocenters. The van der Waals surface area contributed by atoms with E-state index in [1.807, 2.05) is 19.9 Å². The van der Waals surface area contributed by atoms with Gasteiger partial charge >= 0.3 is 0 Å². The maximum atomic E-state index is 5.70. The van der Waals surface area contributed by atoms with Gasteiger partial charge in [0, 0.05) is 17.8 Å². The minimum atomic E-state index is 0.159. The summed E-state index contributed by atoms with van der Waals surface area (Å²) in [7, 11) is 0. The molecule has 0 saturated carbocycles. The van der Waals surface area contributed by atoms with Crippen LogP contribution in [0.5, 0.6) is 5.88 Å². The smallest absolute Gasteiger partial charge is 0.218 e. The molecule has 0 radical (unpaired) electrons. The van der Waals surface area contributed by atoms with Crippen molar-refractivity contribution in [2.24, 2.45) is 0 Å². The van der Waals surface area contributed by atoms with Crippen LogP contribution in [0.3, 0.4) is 0 Å². The third-order valence-corrected chi connectivity index (χ3v) is 2.31. The molecule has 0 aliphatic heterocycles. The molecule has 3 nitrogen and oxygen atoms in total. The highest BCUT2D eigenvalue weighted by molar-refractivity contribution is 5.28. The summed E-state index contributed by atoms with van der Waals surface area (Å²) in [6.07, 6.45) is 3.06. The highest BCUT2D eigenvalue weighted by Crippen LogP contribution is 2.22. The number of hydrogen-bond acceptors (Lipinski definition) is 3. The normalized spacial score (nSPS) is 12.8. The second-order valence-corrected chi connectivity index (χ2v) is 4.24.